The molecule has 3 nitrogen and oxygen atoms in total. The molecule has 0 aromatic carbocycles. The molecule has 1 unspecified atom stereocenters. The minimum absolute atomic E-state index is 0.506. The van der Waals surface area contributed by atoms with Crippen LogP contribution in [0.3, 0.4) is 0 Å². The molecule has 0 heterocycles. The van der Waals surface area contributed by atoms with Gasteiger partial charge >= 0.3 is 5.97 Å². The van der Waals surface area contributed by atoms with Crippen LogP contribution in [0.4, 0.5) is 0 Å². The van der Waals surface area contributed by atoms with Gasteiger partial charge in [-0.05, 0) is 12.8 Å². The van der Waals surface area contributed by atoms with E-state index in [1.165, 1.54) is 6.61 Å². The fraction of sp³-hybridized carbons (Fsp3) is 0.714. The Morgan fingerprint density at radius 2 is 2.30 bits per heavy atom. The largest absolute Gasteiger partial charge is 0.479 e. The molecule has 1 atom stereocenters. The number of rotatable bonds is 5. The first-order chi connectivity index (χ1) is 4.72. The van der Waals surface area contributed by atoms with Crippen molar-refractivity contribution < 1.29 is 14.6 Å². The number of hydrogen-bond acceptors (Lipinski definition) is 2. The molecule has 1 N–H and O–H groups in total. The van der Waals surface area contributed by atoms with Gasteiger partial charge in [0.2, 0.25) is 0 Å². The van der Waals surface area contributed by atoms with E-state index in [0.29, 0.717) is 6.42 Å². The molecule has 0 fully saturated rings. The lowest BCUT2D eigenvalue weighted by Crippen LogP contribution is -2.21. The number of carboxylic acid groups (broad SMARTS) is 1. The monoisotopic (exact) mass is 145 g/mol. The summed E-state index contributed by atoms with van der Waals surface area (Å²) in [5.41, 5.74) is 0. The maximum Gasteiger partial charge on any atom is 0.332 e. The molecule has 0 saturated heterocycles. The predicted octanol–water partition coefficient (Wildman–Crippen LogP) is 1.44. The van der Waals surface area contributed by atoms with E-state index in [0.717, 1.165) is 6.42 Å². The Labute approximate surface area is 61.0 Å². The van der Waals surface area contributed by atoms with Crippen molar-refractivity contribution in [3.8, 4) is 0 Å². The Morgan fingerprint density at radius 3 is 2.60 bits per heavy atom. The summed E-state index contributed by atoms with van der Waals surface area (Å²) in [4.78, 5) is 10.3. The molecule has 59 valence electrons. The Kier molecular flexibility index (Phi) is 4.94. The second kappa shape index (κ2) is 5.23. The average molecular weight is 145 g/mol. The van der Waals surface area contributed by atoms with Gasteiger partial charge in [0.15, 0.2) is 6.10 Å². The molecule has 0 aromatic rings. The molecular weight excluding hydrogens is 132 g/mol. The lowest BCUT2D eigenvalue weighted by Gasteiger charge is -2.08. The maximum absolute atomic E-state index is 10.3. The first-order valence-electron chi connectivity index (χ1n) is 3.42. The van der Waals surface area contributed by atoms with Crippen LogP contribution in [0, 0.1) is 6.61 Å². The molecule has 0 saturated carbocycles. The lowest BCUT2D eigenvalue weighted by atomic mass is 10.3. The van der Waals surface area contributed by atoms with Crippen LogP contribution in [0.15, 0.2) is 0 Å². The number of ether oxygens (including phenoxy) is 1. The van der Waals surface area contributed by atoms with Crippen LogP contribution in [0.2, 0.25) is 0 Å². The zero-order valence-corrected chi connectivity index (χ0v) is 6.33. The molecule has 0 aliphatic carbocycles. The van der Waals surface area contributed by atoms with Gasteiger partial charge in [0.1, 0.15) is 0 Å². The van der Waals surface area contributed by atoms with Gasteiger partial charge in [0.25, 0.3) is 0 Å². The van der Waals surface area contributed by atoms with E-state index in [4.69, 9.17) is 9.84 Å². The van der Waals surface area contributed by atoms with Crippen molar-refractivity contribution in [2.24, 2.45) is 0 Å². The highest BCUT2D eigenvalue weighted by atomic mass is 16.5. The number of carbonyl (C=O) groups is 1. The van der Waals surface area contributed by atoms with Crippen LogP contribution in [-0.2, 0) is 9.53 Å². The van der Waals surface area contributed by atoms with Gasteiger partial charge in [-0.15, -0.1) is 0 Å². The van der Waals surface area contributed by atoms with Gasteiger partial charge in [-0.25, -0.2) is 4.79 Å². The Bertz CT molecular complexity index is 101. The highest BCUT2D eigenvalue weighted by molar-refractivity contribution is 5.72. The summed E-state index contributed by atoms with van der Waals surface area (Å²) in [5, 5.41) is 8.45. The van der Waals surface area contributed by atoms with Gasteiger partial charge in [0, 0.05) is 0 Å². The zero-order chi connectivity index (χ0) is 7.98. The van der Waals surface area contributed by atoms with Crippen molar-refractivity contribution in [1.82, 2.24) is 0 Å². The average Bonchev–Trinajstić information content (AvgIpc) is 1.89. The molecule has 0 amide bonds. The fourth-order valence-electron chi connectivity index (χ4n) is 0.541. The molecule has 0 aliphatic heterocycles. The van der Waals surface area contributed by atoms with Crippen LogP contribution >= 0.6 is 0 Å². The molecule has 0 aliphatic rings. The van der Waals surface area contributed by atoms with Gasteiger partial charge in [0.05, 0.1) is 6.61 Å². The second-order valence-electron chi connectivity index (χ2n) is 1.95. The fourth-order valence-corrected chi connectivity index (χ4v) is 0.541. The number of hydrogen-bond donors (Lipinski definition) is 1. The van der Waals surface area contributed by atoms with Crippen molar-refractivity contribution in [2.45, 2.75) is 32.8 Å². The summed E-state index contributed by atoms with van der Waals surface area (Å²) in [7, 11) is 0. The van der Waals surface area contributed by atoms with E-state index < -0.39 is 12.1 Å². The van der Waals surface area contributed by atoms with Crippen molar-refractivity contribution in [2.75, 3.05) is 0 Å². The van der Waals surface area contributed by atoms with Crippen LogP contribution in [-0.4, -0.2) is 17.2 Å². The van der Waals surface area contributed by atoms with Crippen molar-refractivity contribution in [3.05, 3.63) is 6.61 Å². The summed E-state index contributed by atoms with van der Waals surface area (Å²) >= 11 is 0. The summed E-state index contributed by atoms with van der Waals surface area (Å²) in [6, 6.07) is 0. The van der Waals surface area contributed by atoms with Crippen molar-refractivity contribution in [1.29, 1.82) is 0 Å². The summed E-state index contributed by atoms with van der Waals surface area (Å²) in [5.74, 6) is -0.896. The molecule has 0 rings (SSSR count). The van der Waals surface area contributed by atoms with E-state index in [-0.39, 0.29) is 0 Å². The van der Waals surface area contributed by atoms with Crippen LogP contribution in [0.5, 0.6) is 0 Å². The van der Waals surface area contributed by atoms with Gasteiger partial charge in [-0.1, -0.05) is 13.8 Å². The minimum atomic E-state index is -0.896. The number of aliphatic carboxylic acids is 1. The zero-order valence-electron chi connectivity index (χ0n) is 6.33. The molecule has 0 spiro atoms. The Morgan fingerprint density at radius 1 is 1.70 bits per heavy atom. The smallest absolute Gasteiger partial charge is 0.332 e. The van der Waals surface area contributed by atoms with Crippen molar-refractivity contribution >= 4 is 5.97 Å². The van der Waals surface area contributed by atoms with Gasteiger partial charge in [-0.3, -0.25) is 0 Å². The highest BCUT2D eigenvalue weighted by Gasteiger charge is 2.13. The quantitative estimate of drug-likeness (QED) is 0.636. The van der Waals surface area contributed by atoms with Gasteiger partial charge in [-0.2, -0.15) is 0 Å². The molecule has 1 radical (unpaired) electrons. The van der Waals surface area contributed by atoms with Crippen LogP contribution in [0.25, 0.3) is 0 Å². The SMILES string of the molecule is CC[CH]OC(CC)C(=O)O. The third-order valence-corrected chi connectivity index (χ3v) is 1.07. The van der Waals surface area contributed by atoms with E-state index >= 15 is 0 Å². The van der Waals surface area contributed by atoms with E-state index in [1.807, 2.05) is 6.92 Å². The lowest BCUT2D eigenvalue weighted by molar-refractivity contribution is -0.148. The Balaban J connectivity index is 3.50. The van der Waals surface area contributed by atoms with Crippen LogP contribution < -0.4 is 0 Å². The second-order valence-corrected chi connectivity index (χ2v) is 1.95. The summed E-state index contributed by atoms with van der Waals surface area (Å²) in [6.07, 6.45) is 0.579. The topological polar surface area (TPSA) is 46.5 Å². The Hall–Kier alpha value is -0.570. The molecule has 0 aromatic heterocycles. The molecule has 3 heteroatoms. The normalized spacial score (nSPS) is 13.0. The first kappa shape index (κ1) is 9.43. The summed E-state index contributed by atoms with van der Waals surface area (Å²) < 4.78 is 4.88. The van der Waals surface area contributed by atoms with Crippen LogP contribution in [0.1, 0.15) is 26.7 Å². The standard InChI is InChI=1S/C7H13O3/c1-3-5-10-6(4-2)7(8)9/h5-6H,3-4H2,1-2H3,(H,8,9). The molecule has 10 heavy (non-hydrogen) atoms. The highest BCUT2D eigenvalue weighted by Crippen LogP contribution is 2.01. The van der Waals surface area contributed by atoms with Crippen molar-refractivity contribution in [3.63, 3.8) is 0 Å². The third kappa shape index (κ3) is 3.45. The van der Waals surface area contributed by atoms with E-state index in [9.17, 15) is 4.79 Å². The van der Waals surface area contributed by atoms with E-state index in [2.05, 4.69) is 0 Å². The first-order valence-corrected chi connectivity index (χ1v) is 3.42. The summed E-state index contributed by atoms with van der Waals surface area (Å²) in [6.45, 7) is 5.19. The van der Waals surface area contributed by atoms with Gasteiger partial charge < -0.3 is 9.84 Å². The third-order valence-electron chi connectivity index (χ3n) is 1.07. The predicted molar refractivity (Wildman–Crippen MR) is 37.4 cm³/mol. The number of carboxylic acids is 1. The minimum Gasteiger partial charge on any atom is -0.479 e. The van der Waals surface area contributed by atoms with E-state index in [1.54, 1.807) is 6.92 Å². The molecule has 0 bridgehead atoms. The maximum atomic E-state index is 10.3. The molecular formula is C7H13O3.